The number of hydrogen-bond donors (Lipinski definition) is 1. The van der Waals surface area contributed by atoms with Crippen molar-refractivity contribution in [2.45, 2.75) is 13.0 Å². The van der Waals surface area contributed by atoms with E-state index in [2.05, 4.69) is 16.3 Å². The number of benzene rings is 3. The zero-order chi connectivity index (χ0) is 22.2. The number of amides is 1. The number of rotatable bonds is 4. The number of anilines is 1. The first-order valence-corrected chi connectivity index (χ1v) is 10.5. The molecule has 0 saturated heterocycles. The van der Waals surface area contributed by atoms with Crippen molar-refractivity contribution in [2.75, 3.05) is 25.5 Å². The maximum absolute atomic E-state index is 13.1. The van der Waals surface area contributed by atoms with Crippen molar-refractivity contribution >= 4 is 23.2 Å². The van der Waals surface area contributed by atoms with E-state index < -0.39 is 0 Å². The molecule has 0 saturated carbocycles. The normalized spacial score (nSPS) is 14.9. The van der Waals surface area contributed by atoms with Gasteiger partial charge in [-0.15, -0.1) is 0 Å². The molecule has 3 aromatic rings. The minimum atomic E-state index is -0.245. The molecule has 1 N–H and O–H groups in total. The second kappa shape index (κ2) is 8.05. The summed E-state index contributed by atoms with van der Waals surface area (Å²) < 4.78 is 5.31. The molecular formula is C26H22N2O4. The van der Waals surface area contributed by atoms with Gasteiger partial charge in [-0.2, -0.15) is 0 Å². The van der Waals surface area contributed by atoms with Crippen molar-refractivity contribution < 1.29 is 19.1 Å². The molecule has 5 rings (SSSR count). The molecule has 0 fully saturated rings. The number of nitrogens with one attached hydrogen (secondary N) is 1. The number of carbonyl (C=O) groups is 3. The summed E-state index contributed by atoms with van der Waals surface area (Å²) in [6.45, 7) is 1.61. The zero-order valence-corrected chi connectivity index (χ0v) is 17.7. The Bertz CT molecular complexity index is 1260. The van der Waals surface area contributed by atoms with Gasteiger partial charge in [0.1, 0.15) is 5.75 Å². The molecule has 0 radical (unpaired) electrons. The fourth-order valence-corrected chi connectivity index (χ4v) is 4.50. The summed E-state index contributed by atoms with van der Waals surface area (Å²) in [5.74, 6) is 0.135. The van der Waals surface area contributed by atoms with E-state index in [1.807, 2.05) is 12.1 Å². The smallest absolute Gasteiger partial charge is 0.238 e. The first-order valence-electron chi connectivity index (χ1n) is 10.5. The Morgan fingerprint density at radius 1 is 0.938 bits per heavy atom. The molecule has 0 aromatic heterocycles. The standard InChI is InChI=1S/C26H22N2O4/c1-32-18-10-9-16-11-12-28(14-17(16)13-18)15-23(29)27-22-8-4-7-21-24(22)26(31)20-6-3-2-5-19(20)25(21)30/h2-10,13H,11-12,14-15H2,1H3,(H,27,29). The number of fused-ring (bicyclic) bond motifs is 3. The van der Waals surface area contributed by atoms with Gasteiger partial charge in [0.25, 0.3) is 0 Å². The first kappa shape index (κ1) is 20.2. The summed E-state index contributed by atoms with van der Waals surface area (Å²) in [4.78, 5) is 40.9. The van der Waals surface area contributed by atoms with E-state index in [4.69, 9.17) is 4.74 Å². The van der Waals surface area contributed by atoms with Gasteiger partial charge in [-0.05, 0) is 35.7 Å². The van der Waals surface area contributed by atoms with Crippen molar-refractivity contribution in [3.05, 3.63) is 94.0 Å². The highest BCUT2D eigenvalue weighted by atomic mass is 16.5. The van der Waals surface area contributed by atoms with Gasteiger partial charge in [0.05, 0.1) is 24.9 Å². The first-order chi connectivity index (χ1) is 15.5. The van der Waals surface area contributed by atoms with E-state index >= 15 is 0 Å². The molecule has 1 aliphatic heterocycles. The minimum Gasteiger partial charge on any atom is -0.497 e. The van der Waals surface area contributed by atoms with Crippen LogP contribution in [0.3, 0.4) is 0 Å². The SMILES string of the molecule is COc1ccc2c(c1)CN(CC(=O)Nc1cccc3c1C(=O)c1ccccc1C3=O)CC2. The van der Waals surface area contributed by atoms with Crippen LogP contribution in [0.15, 0.2) is 60.7 Å². The lowest BCUT2D eigenvalue weighted by Crippen LogP contribution is -2.37. The van der Waals surface area contributed by atoms with E-state index in [9.17, 15) is 14.4 Å². The van der Waals surface area contributed by atoms with Crippen molar-refractivity contribution in [3.63, 3.8) is 0 Å². The lowest BCUT2D eigenvalue weighted by molar-refractivity contribution is -0.117. The second-order valence-electron chi connectivity index (χ2n) is 8.08. The van der Waals surface area contributed by atoms with Crippen LogP contribution >= 0.6 is 0 Å². The van der Waals surface area contributed by atoms with Crippen molar-refractivity contribution in [1.82, 2.24) is 4.90 Å². The Labute approximate surface area is 185 Å². The van der Waals surface area contributed by atoms with E-state index in [0.29, 0.717) is 28.9 Å². The van der Waals surface area contributed by atoms with Crippen molar-refractivity contribution in [3.8, 4) is 5.75 Å². The van der Waals surface area contributed by atoms with Gasteiger partial charge in [0.2, 0.25) is 5.91 Å². The van der Waals surface area contributed by atoms with Gasteiger partial charge in [-0.1, -0.05) is 42.5 Å². The van der Waals surface area contributed by atoms with Gasteiger partial charge >= 0.3 is 0 Å². The van der Waals surface area contributed by atoms with Gasteiger partial charge in [0.15, 0.2) is 11.6 Å². The summed E-state index contributed by atoms with van der Waals surface area (Å²) in [7, 11) is 1.64. The quantitative estimate of drug-likeness (QED) is 0.541. The largest absolute Gasteiger partial charge is 0.497 e. The molecule has 6 heteroatoms. The molecule has 160 valence electrons. The highest BCUT2D eigenvalue weighted by Gasteiger charge is 2.31. The zero-order valence-electron chi connectivity index (χ0n) is 17.7. The number of ketones is 2. The molecule has 6 nitrogen and oxygen atoms in total. The Kier molecular flexibility index (Phi) is 5.07. The Morgan fingerprint density at radius 3 is 2.47 bits per heavy atom. The van der Waals surface area contributed by atoms with Gasteiger partial charge in [0, 0.05) is 29.8 Å². The van der Waals surface area contributed by atoms with Gasteiger partial charge in [-0.25, -0.2) is 0 Å². The number of ether oxygens (including phenoxy) is 1. The molecule has 1 aliphatic carbocycles. The van der Waals surface area contributed by atoms with Crippen LogP contribution in [0.25, 0.3) is 0 Å². The summed E-state index contributed by atoms with van der Waals surface area (Å²) in [6.07, 6.45) is 0.858. The van der Waals surface area contributed by atoms with Crippen LogP contribution in [-0.2, 0) is 17.8 Å². The van der Waals surface area contributed by atoms with Gasteiger partial charge < -0.3 is 10.1 Å². The Balaban J connectivity index is 1.35. The number of methoxy groups -OCH3 is 1. The van der Waals surface area contributed by atoms with Crippen LogP contribution < -0.4 is 10.1 Å². The predicted molar refractivity (Wildman–Crippen MR) is 120 cm³/mol. The van der Waals surface area contributed by atoms with Crippen molar-refractivity contribution in [2.24, 2.45) is 0 Å². The van der Waals surface area contributed by atoms with E-state index in [0.717, 1.165) is 24.3 Å². The molecule has 32 heavy (non-hydrogen) atoms. The molecule has 3 aromatic carbocycles. The maximum atomic E-state index is 13.1. The third-order valence-electron chi connectivity index (χ3n) is 6.10. The maximum Gasteiger partial charge on any atom is 0.238 e. The van der Waals surface area contributed by atoms with Crippen LogP contribution in [0.4, 0.5) is 5.69 Å². The summed E-state index contributed by atoms with van der Waals surface area (Å²) in [5, 5.41) is 2.87. The second-order valence-corrected chi connectivity index (χ2v) is 8.08. The third-order valence-corrected chi connectivity index (χ3v) is 6.10. The topological polar surface area (TPSA) is 75.7 Å². The molecule has 0 atom stereocenters. The molecule has 1 amide bonds. The van der Waals surface area contributed by atoms with Crippen molar-refractivity contribution in [1.29, 1.82) is 0 Å². The van der Waals surface area contributed by atoms with Crippen LogP contribution in [0.1, 0.15) is 43.0 Å². The third kappa shape index (κ3) is 3.48. The molecule has 0 bridgehead atoms. The van der Waals surface area contributed by atoms with Gasteiger partial charge in [-0.3, -0.25) is 19.3 Å². The predicted octanol–water partition coefficient (Wildman–Crippen LogP) is 3.47. The monoisotopic (exact) mass is 426 g/mol. The lowest BCUT2D eigenvalue weighted by atomic mass is 9.83. The fourth-order valence-electron chi connectivity index (χ4n) is 4.50. The average Bonchev–Trinajstić information content (AvgIpc) is 2.82. The summed E-state index contributed by atoms with van der Waals surface area (Å²) in [6, 6.07) is 17.8. The lowest BCUT2D eigenvalue weighted by Gasteiger charge is -2.28. The van der Waals surface area contributed by atoms with Crippen LogP contribution in [0.2, 0.25) is 0 Å². The Hall–Kier alpha value is -3.77. The van der Waals surface area contributed by atoms with E-state index in [1.165, 1.54) is 5.56 Å². The number of carbonyl (C=O) groups excluding carboxylic acids is 3. The molecule has 2 aliphatic rings. The average molecular weight is 426 g/mol. The Morgan fingerprint density at radius 2 is 1.69 bits per heavy atom. The van der Waals surface area contributed by atoms with E-state index in [1.54, 1.807) is 49.6 Å². The number of nitrogens with zero attached hydrogens (tertiary/aromatic N) is 1. The molecule has 0 spiro atoms. The fraction of sp³-hybridized carbons (Fsp3) is 0.192. The van der Waals surface area contributed by atoms with Crippen LogP contribution in [-0.4, -0.2) is 42.6 Å². The summed E-state index contributed by atoms with van der Waals surface area (Å²) in [5.41, 5.74) is 4.15. The molecular weight excluding hydrogens is 404 g/mol. The van der Waals surface area contributed by atoms with E-state index in [-0.39, 0.29) is 29.6 Å². The minimum absolute atomic E-state index is 0.193. The van der Waals surface area contributed by atoms with Crippen LogP contribution in [0.5, 0.6) is 5.75 Å². The molecule has 1 heterocycles. The number of hydrogen-bond acceptors (Lipinski definition) is 5. The van der Waals surface area contributed by atoms with Crippen LogP contribution in [0, 0.1) is 0 Å². The molecule has 0 unspecified atom stereocenters. The highest BCUT2D eigenvalue weighted by molar-refractivity contribution is 6.30. The highest BCUT2D eigenvalue weighted by Crippen LogP contribution is 2.32. The summed E-state index contributed by atoms with van der Waals surface area (Å²) >= 11 is 0.